The molecule has 1 heterocycles. The standard InChI is InChI=1S/C20H17Cl2N3O/c21-16-7-4-8-17(22)19(16)25-20(26)18-13-15(10-12-24-18)23-11-9-14-5-2-1-3-6-14/h1-8,10,12-13H,9,11H2,(H,23,24)(H,25,26). The number of amides is 1. The van der Waals surface area contributed by atoms with E-state index in [1.807, 2.05) is 24.3 Å². The summed E-state index contributed by atoms with van der Waals surface area (Å²) in [5, 5.41) is 6.77. The van der Waals surface area contributed by atoms with E-state index in [1.54, 1.807) is 30.5 Å². The summed E-state index contributed by atoms with van der Waals surface area (Å²) in [6, 6.07) is 18.8. The molecule has 1 amide bonds. The lowest BCUT2D eigenvalue weighted by atomic mass is 10.1. The van der Waals surface area contributed by atoms with Gasteiger partial charge >= 0.3 is 0 Å². The summed E-state index contributed by atoms with van der Waals surface area (Å²) in [4.78, 5) is 16.6. The molecule has 4 nitrogen and oxygen atoms in total. The van der Waals surface area contributed by atoms with Crippen LogP contribution in [0.3, 0.4) is 0 Å². The molecule has 0 aliphatic rings. The van der Waals surface area contributed by atoms with Gasteiger partial charge in [-0.2, -0.15) is 0 Å². The first-order valence-corrected chi connectivity index (χ1v) is 8.88. The highest BCUT2D eigenvalue weighted by atomic mass is 35.5. The quantitative estimate of drug-likeness (QED) is 0.605. The van der Waals surface area contributed by atoms with Crippen LogP contribution in [0, 0.1) is 0 Å². The van der Waals surface area contributed by atoms with Crippen molar-refractivity contribution < 1.29 is 4.79 Å². The van der Waals surface area contributed by atoms with E-state index in [0.29, 0.717) is 15.7 Å². The van der Waals surface area contributed by atoms with Gasteiger partial charge in [-0.15, -0.1) is 0 Å². The summed E-state index contributed by atoms with van der Waals surface area (Å²) in [5.74, 6) is -0.369. The van der Waals surface area contributed by atoms with Crippen LogP contribution in [0.15, 0.2) is 66.9 Å². The molecule has 0 spiro atoms. The van der Waals surface area contributed by atoms with Crippen LogP contribution in [0.4, 0.5) is 11.4 Å². The fourth-order valence-corrected chi connectivity index (χ4v) is 2.95. The third kappa shape index (κ3) is 4.75. The highest BCUT2D eigenvalue weighted by molar-refractivity contribution is 6.40. The zero-order chi connectivity index (χ0) is 18.4. The molecule has 0 saturated heterocycles. The molecule has 132 valence electrons. The number of benzene rings is 2. The fourth-order valence-electron chi connectivity index (χ4n) is 2.46. The Morgan fingerprint density at radius 3 is 2.42 bits per heavy atom. The van der Waals surface area contributed by atoms with E-state index in [-0.39, 0.29) is 11.6 Å². The molecular weight excluding hydrogens is 369 g/mol. The molecule has 2 aromatic carbocycles. The molecule has 26 heavy (non-hydrogen) atoms. The van der Waals surface area contributed by atoms with Gasteiger partial charge in [-0.25, -0.2) is 0 Å². The van der Waals surface area contributed by atoms with E-state index in [4.69, 9.17) is 23.2 Å². The molecule has 6 heteroatoms. The van der Waals surface area contributed by atoms with Gasteiger partial charge in [0.05, 0.1) is 15.7 Å². The molecule has 2 N–H and O–H groups in total. The Hall–Kier alpha value is -2.56. The topological polar surface area (TPSA) is 54.0 Å². The van der Waals surface area contributed by atoms with Gasteiger partial charge in [-0.05, 0) is 36.2 Å². The number of anilines is 2. The highest BCUT2D eigenvalue weighted by Crippen LogP contribution is 2.30. The largest absolute Gasteiger partial charge is 0.385 e. The zero-order valence-electron chi connectivity index (χ0n) is 13.9. The van der Waals surface area contributed by atoms with Crippen LogP contribution in [0.2, 0.25) is 10.0 Å². The number of para-hydroxylation sites is 1. The van der Waals surface area contributed by atoms with Crippen LogP contribution in [0.5, 0.6) is 0 Å². The van der Waals surface area contributed by atoms with Gasteiger partial charge in [0.25, 0.3) is 5.91 Å². The van der Waals surface area contributed by atoms with Crippen molar-refractivity contribution in [3.05, 3.63) is 88.2 Å². The Balaban J connectivity index is 1.64. The maximum atomic E-state index is 12.4. The average molecular weight is 386 g/mol. The zero-order valence-corrected chi connectivity index (χ0v) is 15.4. The molecule has 0 fully saturated rings. The minimum atomic E-state index is -0.369. The van der Waals surface area contributed by atoms with E-state index in [1.165, 1.54) is 5.56 Å². The number of hydrogen-bond donors (Lipinski definition) is 2. The lowest BCUT2D eigenvalue weighted by Crippen LogP contribution is -2.15. The first-order valence-electron chi connectivity index (χ1n) is 8.13. The molecule has 0 aliphatic heterocycles. The third-order valence-electron chi connectivity index (χ3n) is 3.78. The van der Waals surface area contributed by atoms with Gasteiger partial charge in [0.15, 0.2) is 0 Å². The van der Waals surface area contributed by atoms with Gasteiger partial charge in [-0.3, -0.25) is 9.78 Å². The van der Waals surface area contributed by atoms with Gasteiger partial charge in [-0.1, -0.05) is 59.6 Å². The maximum Gasteiger partial charge on any atom is 0.274 e. The molecule has 3 rings (SSSR count). The Bertz CT molecular complexity index is 880. The molecule has 1 aromatic heterocycles. The second-order valence-corrected chi connectivity index (χ2v) is 6.46. The predicted molar refractivity (Wildman–Crippen MR) is 107 cm³/mol. The van der Waals surface area contributed by atoms with Gasteiger partial charge in [0.1, 0.15) is 5.69 Å². The number of carbonyl (C=O) groups excluding carboxylic acids is 1. The minimum Gasteiger partial charge on any atom is -0.385 e. The molecule has 0 saturated carbocycles. The number of pyridine rings is 1. The molecule has 0 unspecified atom stereocenters. The van der Waals surface area contributed by atoms with E-state index in [9.17, 15) is 4.79 Å². The van der Waals surface area contributed by atoms with Crippen molar-refractivity contribution in [1.82, 2.24) is 4.98 Å². The van der Waals surface area contributed by atoms with Crippen molar-refractivity contribution in [2.75, 3.05) is 17.2 Å². The van der Waals surface area contributed by atoms with Crippen molar-refractivity contribution in [2.45, 2.75) is 6.42 Å². The van der Waals surface area contributed by atoms with Gasteiger partial charge in [0.2, 0.25) is 0 Å². The number of nitrogens with zero attached hydrogens (tertiary/aromatic N) is 1. The van der Waals surface area contributed by atoms with Gasteiger partial charge < -0.3 is 10.6 Å². The van der Waals surface area contributed by atoms with Crippen molar-refractivity contribution in [2.24, 2.45) is 0 Å². The normalized spacial score (nSPS) is 10.4. The Kier molecular flexibility index (Phi) is 6.10. The molecular formula is C20H17Cl2N3O. The molecule has 0 radical (unpaired) electrons. The summed E-state index contributed by atoms with van der Waals surface area (Å²) in [5.41, 5.74) is 2.74. The van der Waals surface area contributed by atoms with Gasteiger partial charge in [0, 0.05) is 18.4 Å². The Morgan fingerprint density at radius 2 is 1.69 bits per heavy atom. The number of hydrogen-bond acceptors (Lipinski definition) is 3. The summed E-state index contributed by atoms with van der Waals surface area (Å²) in [7, 11) is 0. The fraction of sp³-hybridized carbons (Fsp3) is 0.100. The van der Waals surface area contributed by atoms with Crippen LogP contribution >= 0.6 is 23.2 Å². The number of nitrogens with one attached hydrogen (secondary N) is 2. The summed E-state index contributed by atoms with van der Waals surface area (Å²) >= 11 is 12.2. The molecule has 3 aromatic rings. The number of carbonyl (C=O) groups is 1. The van der Waals surface area contributed by atoms with Crippen molar-refractivity contribution in [1.29, 1.82) is 0 Å². The van der Waals surface area contributed by atoms with E-state index < -0.39 is 0 Å². The first kappa shape index (κ1) is 18.2. The SMILES string of the molecule is O=C(Nc1c(Cl)cccc1Cl)c1cc(NCCc2ccccc2)ccn1. The highest BCUT2D eigenvalue weighted by Gasteiger charge is 2.13. The Morgan fingerprint density at radius 1 is 0.962 bits per heavy atom. The summed E-state index contributed by atoms with van der Waals surface area (Å²) in [6.07, 6.45) is 2.48. The first-order chi connectivity index (χ1) is 12.6. The molecule has 0 atom stereocenters. The van der Waals surface area contributed by atoms with Crippen LogP contribution in [-0.2, 0) is 6.42 Å². The predicted octanol–water partition coefficient (Wildman–Crippen LogP) is 5.30. The smallest absolute Gasteiger partial charge is 0.274 e. The number of halogens is 2. The average Bonchev–Trinajstić information content (AvgIpc) is 2.66. The van der Waals surface area contributed by atoms with Crippen molar-refractivity contribution in [3.63, 3.8) is 0 Å². The van der Waals surface area contributed by atoms with Crippen LogP contribution in [-0.4, -0.2) is 17.4 Å². The van der Waals surface area contributed by atoms with Crippen LogP contribution in [0.25, 0.3) is 0 Å². The third-order valence-corrected chi connectivity index (χ3v) is 4.41. The van der Waals surface area contributed by atoms with E-state index >= 15 is 0 Å². The van der Waals surface area contributed by atoms with Crippen molar-refractivity contribution >= 4 is 40.5 Å². The monoisotopic (exact) mass is 385 g/mol. The molecule has 0 aliphatic carbocycles. The summed E-state index contributed by atoms with van der Waals surface area (Å²) < 4.78 is 0. The Labute approximate surface area is 162 Å². The number of aromatic nitrogens is 1. The second-order valence-electron chi connectivity index (χ2n) is 5.64. The van der Waals surface area contributed by atoms with Crippen LogP contribution < -0.4 is 10.6 Å². The summed E-state index contributed by atoms with van der Waals surface area (Å²) in [6.45, 7) is 0.755. The van der Waals surface area contributed by atoms with E-state index in [2.05, 4.69) is 27.8 Å². The lowest BCUT2D eigenvalue weighted by Gasteiger charge is -2.10. The van der Waals surface area contributed by atoms with Crippen molar-refractivity contribution in [3.8, 4) is 0 Å². The number of rotatable bonds is 6. The lowest BCUT2D eigenvalue weighted by molar-refractivity contribution is 0.102. The van der Waals surface area contributed by atoms with Crippen LogP contribution in [0.1, 0.15) is 16.1 Å². The minimum absolute atomic E-state index is 0.283. The second kappa shape index (κ2) is 8.70. The van der Waals surface area contributed by atoms with E-state index in [0.717, 1.165) is 18.7 Å². The molecule has 0 bridgehead atoms. The maximum absolute atomic E-state index is 12.4.